The zero-order valence-electron chi connectivity index (χ0n) is 17.8. The van der Waals surface area contributed by atoms with E-state index < -0.39 is 11.8 Å². The third kappa shape index (κ3) is 6.13. The lowest BCUT2D eigenvalue weighted by molar-refractivity contribution is -0.130. The molecule has 5 N–H and O–H groups in total. The molecule has 1 aliphatic rings. The Bertz CT molecular complexity index is 985. The molecule has 0 unspecified atom stereocenters. The number of hydrogen-bond donors (Lipinski definition) is 3. The number of nitrogens with one attached hydrogen (secondary N) is 1. The van der Waals surface area contributed by atoms with Gasteiger partial charge in [0.05, 0.1) is 6.61 Å². The molecule has 0 aliphatic carbocycles. The van der Waals surface area contributed by atoms with E-state index in [1.807, 2.05) is 4.90 Å². The minimum Gasteiger partial charge on any atom is -0.463 e. The van der Waals surface area contributed by atoms with Crippen molar-refractivity contribution in [1.29, 1.82) is 0 Å². The molecule has 0 atom stereocenters. The van der Waals surface area contributed by atoms with E-state index in [9.17, 15) is 14.0 Å². The summed E-state index contributed by atoms with van der Waals surface area (Å²) in [6.07, 6.45) is 4.71. The molecular weight excluding hydrogens is 417 g/mol. The number of carbonyl (C=O) groups excluding carboxylic acids is 2. The monoisotopic (exact) mass is 443 g/mol. The quantitative estimate of drug-likeness (QED) is 0.451. The first-order chi connectivity index (χ1) is 15.3. The summed E-state index contributed by atoms with van der Waals surface area (Å²) in [7, 11) is 0. The molecule has 2 heterocycles. The number of aromatic nitrogens is 2. The molecule has 2 aromatic rings. The molecule has 3 rings (SSSR count). The van der Waals surface area contributed by atoms with Crippen molar-refractivity contribution in [2.75, 3.05) is 19.7 Å². The molecule has 0 bridgehead atoms. The zero-order chi connectivity index (χ0) is 23.1. The lowest BCUT2D eigenvalue weighted by Crippen LogP contribution is -2.38. The van der Waals surface area contributed by atoms with Crippen molar-refractivity contribution in [3.63, 3.8) is 0 Å². The number of hydrogen-bond acceptors (Lipinski definition) is 5. The number of carbonyl (C=O) groups is 2. The van der Waals surface area contributed by atoms with E-state index in [4.69, 9.17) is 16.2 Å². The average molecular weight is 443 g/mol. The van der Waals surface area contributed by atoms with Crippen molar-refractivity contribution < 1.29 is 18.7 Å². The van der Waals surface area contributed by atoms with Gasteiger partial charge in [0, 0.05) is 55.6 Å². The number of amides is 3. The molecule has 32 heavy (non-hydrogen) atoms. The molecule has 1 aromatic carbocycles. The number of halogens is 1. The Morgan fingerprint density at radius 2 is 1.94 bits per heavy atom. The van der Waals surface area contributed by atoms with Gasteiger partial charge in [-0.05, 0) is 18.8 Å². The number of ether oxygens (including phenoxy) is 1. The Morgan fingerprint density at radius 3 is 2.56 bits per heavy atom. The Hall–Kier alpha value is -3.76. The number of guanidine groups is 1. The van der Waals surface area contributed by atoms with Crippen LogP contribution in [0.4, 0.5) is 9.18 Å². The van der Waals surface area contributed by atoms with Crippen LogP contribution < -0.4 is 21.5 Å². The third-order valence-corrected chi connectivity index (χ3v) is 5.19. The Morgan fingerprint density at radius 1 is 1.25 bits per heavy atom. The summed E-state index contributed by atoms with van der Waals surface area (Å²) in [5.74, 6) is -0.461. The SMILES string of the molecule is CC(=O)N1CCC(COc2ncc(-c3cccc(CNC(=O)N=C(N)N)c3F)cn2)CC1. The number of rotatable bonds is 6. The minimum absolute atomic E-state index is 0.0835. The third-order valence-electron chi connectivity index (χ3n) is 5.19. The van der Waals surface area contributed by atoms with Crippen molar-refractivity contribution in [2.45, 2.75) is 26.3 Å². The highest BCUT2D eigenvalue weighted by Gasteiger charge is 2.21. The van der Waals surface area contributed by atoms with Gasteiger partial charge in [-0.1, -0.05) is 18.2 Å². The van der Waals surface area contributed by atoms with E-state index in [1.165, 1.54) is 12.4 Å². The second kappa shape index (κ2) is 10.5. The molecule has 3 amide bonds. The summed E-state index contributed by atoms with van der Waals surface area (Å²) < 4.78 is 20.6. The first-order valence-corrected chi connectivity index (χ1v) is 10.2. The fraction of sp³-hybridized carbons (Fsp3) is 0.381. The normalized spacial score (nSPS) is 14.0. The Labute approximate surface area is 184 Å². The van der Waals surface area contributed by atoms with Crippen LogP contribution in [0.1, 0.15) is 25.3 Å². The fourth-order valence-corrected chi connectivity index (χ4v) is 3.40. The number of benzene rings is 1. The molecule has 1 aromatic heterocycles. The number of piperidine rings is 1. The first kappa shape index (κ1) is 22.9. The molecule has 10 nitrogen and oxygen atoms in total. The molecule has 170 valence electrons. The lowest BCUT2D eigenvalue weighted by atomic mass is 9.98. The van der Waals surface area contributed by atoms with E-state index >= 15 is 0 Å². The summed E-state index contributed by atoms with van der Waals surface area (Å²) in [6.45, 7) is 3.41. The zero-order valence-corrected chi connectivity index (χ0v) is 17.8. The van der Waals surface area contributed by atoms with E-state index in [2.05, 4.69) is 20.3 Å². The van der Waals surface area contributed by atoms with Gasteiger partial charge in [0.25, 0.3) is 0 Å². The molecule has 1 fully saturated rings. The second-order valence-corrected chi connectivity index (χ2v) is 7.49. The van der Waals surface area contributed by atoms with E-state index in [0.717, 1.165) is 25.9 Å². The van der Waals surface area contributed by atoms with Gasteiger partial charge in [-0.3, -0.25) is 4.79 Å². The number of nitrogens with two attached hydrogens (primary N) is 2. The van der Waals surface area contributed by atoms with Gasteiger partial charge in [-0.25, -0.2) is 19.2 Å². The van der Waals surface area contributed by atoms with Crippen molar-refractivity contribution in [1.82, 2.24) is 20.2 Å². The number of likely N-dealkylation sites (tertiary alicyclic amines) is 1. The van der Waals surface area contributed by atoms with Crippen LogP contribution in [0.3, 0.4) is 0 Å². The predicted octanol–water partition coefficient (Wildman–Crippen LogP) is 1.40. The standard InChI is InChI=1S/C21H26FN7O3/c1-13(30)29-7-5-14(6-8-29)12-32-21-26-10-16(11-27-21)17-4-2-3-15(18(17)22)9-25-20(31)28-19(23)24/h2-4,10-11,14H,5-9,12H2,1H3,(H5,23,24,25,28,31). The fourth-order valence-electron chi connectivity index (χ4n) is 3.40. The summed E-state index contributed by atoms with van der Waals surface area (Å²) in [5, 5.41) is 2.42. The van der Waals surface area contributed by atoms with Gasteiger partial charge in [-0.15, -0.1) is 0 Å². The summed E-state index contributed by atoms with van der Waals surface area (Å²) >= 11 is 0. The van der Waals surface area contributed by atoms with Gasteiger partial charge in [0.2, 0.25) is 5.91 Å². The highest BCUT2D eigenvalue weighted by molar-refractivity contribution is 5.90. The van der Waals surface area contributed by atoms with Crippen LogP contribution in [0.2, 0.25) is 0 Å². The first-order valence-electron chi connectivity index (χ1n) is 10.2. The van der Waals surface area contributed by atoms with Crippen molar-refractivity contribution in [2.24, 2.45) is 22.4 Å². The highest BCUT2D eigenvalue weighted by Crippen LogP contribution is 2.25. The van der Waals surface area contributed by atoms with E-state index in [0.29, 0.717) is 23.7 Å². The van der Waals surface area contributed by atoms with Crippen LogP contribution in [-0.4, -0.2) is 52.5 Å². The van der Waals surface area contributed by atoms with Crippen LogP contribution in [-0.2, 0) is 11.3 Å². The van der Waals surface area contributed by atoms with Gasteiger partial charge in [0.15, 0.2) is 5.96 Å². The Balaban J connectivity index is 1.58. The van der Waals surface area contributed by atoms with Crippen LogP contribution in [0.5, 0.6) is 6.01 Å². The molecule has 0 saturated carbocycles. The lowest BCUT2D eigenvalue weighted by Gasteiger charge is -2.30. The van der Waals surface area contributed by atoms with Gasteiger partial charge >= 0.3 is 12.0 Å². The number of aliphatic imine (C=N–C) groups is 1. The van der Waals surface area contributed by atoms with Crippen molar-refractivity contribution in [3.8, 4) is 17.1 Å². The molecular formula is C21H26FN7O3. The summed E-state index contributed by atoms with van der Waals surface area (Å²) in [5.41, 5.74) is 11.3. The number of urea groups is 1. The van der Waals surface area contributed by atoms with Gasteiger partial charge in [0.1, 0.15) is 5.82 Å². The van der Waals surface area contributed by atoms with Gasteiger partial charge in [-0.2, -0.15) is 4.99 Å². The second-order valence-electron chi connectivity index (χ2n) is 7.49. The van der Waals surface area contributed by atoms with Crippen molar-refractivity contribution in [3.05, 3.63) is 42.0 Å². The maximum Gasteiger partial charge on any atom is 0.344 e. The maximum atomic E-state index is 14.9. The average Bonchev–Trinajstić information content (AvgIpc) is 2.77. The largest absolute Gasteiger partial charge is 0.463 e. The molecule has 0 spiro atoms. The van der Waals surface area contributed by atoms with Crippen LogP contribution in [0.15, 0.2) is 35.6 Å². The van der Waals surface area contributed by atoms with Crippen molar-refractivity contribution >= 4 is 17.9 Å². The summed E-state index contributed by atoms with van der Waals surface area (Å²) in [4.78, 5) is 36.4. The Kier molecular flexibility index (Phi) is 7.53. The van der Waals surface area contributed by atoms with E-state index in [-0.39, 0.29) is 30.0 Å². The van der Waals surface area contributed by atoms with E-state index in [1.54, 1.807) is 25.1 Å². The van der Waals surface area contributed by atoms with Crippen LogP contribution in [0, 0.1) is 11.7 Å². The summed E-state index contributed by atoms with van der Waals surface area (Å²) in [6, 6.07) is 4.26. The smallest absolute Gasteiger partial charge is 0.344 e. The molecule has 1 saturated heterocycles. The molecule has 1 aliphatic heterocycles. The topological polar surface area (TPSA) is 149 Å². The number of nitrogens with zero attached hydrogens (tertiary/aromatic N) is 4. The minimum atomic E-state index is -0.758. The van der Waals surface area contributed by atoms with Crippen LogP contribution >= 0.6 is 0 Å². The van der Waals surface area contributed by atoms with Crippen LogP contribution in [0.25, 0.3) is 11.1 Å². The maximum absolute atomic E-state index is 14.9. The van der Waals surface area contributed by atoms with Gasteiger partial charge < -0.3 is 26.4 Å². The predicted molar refractivity (Wildman–Crippen MR) is 116 cm³/mol. The molecule has 11 heteroatoms. The highest BCUT2D eigenvalue weighted by atomic mass is 19.1. The molecule has 0 radical (unpaired) electrons.